The number of fused-ring (bicyclic) bond motifs is 2. The highest BCUT2D eigenvalue weighted by atomic mass is 16.5. The maximum atomic E-state index is 13.1. The molecule has 1 unspecified atom stereocenters. The number of nitrogens with one attached hydrogen (secondary N) is 3. The lowest BCUT2D eigenvalue weighted by Crippen LogP contribution is -2.52. The van der Waals surface area contributed by atoms with Crippen molar-refractivity contribution in [3.63, 3.8) is 0 Å². The molecule has 2 aromatic rings. The third kappa shape index (κ3) is 3.44. The van der Waals surface area contributed by atoms with Crippen LogP contribution in [0.5, 0.6) is 5.75 Å². The predicted octanol–water partition coefficient (Wildman–Crippen LogP) is 1.07. The van der Waals surface area contributed by atoms with E-state index in [1.165, 1.54) is 12.0 Å². The molecule has 1 aromatic heterocycles. The van der Waals surface area contributed by atoms with Gasteiger partial charge in [0.1, 0.15) is 17.3 Å². The monoisotopic (exact) mass is 467 g/mol. The Morgan fingerprint density at radius 1 is 1.21 bits per heavy atom. The first-order valence-corrected chi connectivity index (χ1v) is 11.1. The minimum Gasteiger partial charge on any atom is -0.497 e. The summed E-state index contributed by atoms with van der Waals surface area (Å²) in [4.78, 5) is 53.8. The van der Waals surface area contributed by atoms with Gasteiger partial charge in [0, 0.05) is 37.2 Å². The Morgan fingerprint density at radius 2 is 2.03 bits per heavy atom. The zero-order chi connectivity index (χ0) is 24.0. The van der Waals surface area contributed by atoms with Crippen LogP contribution in [0.25, 0.3) is 0 Å². The highest BCUT2D eigenvalue weighted by Gasteiger charge is 2.53. The van der Waals surface area contributed by atoms with Crippen molar-refractivity contribution in [2.45, 2.75) is 32.0 Å². The molecule has 1 atom stereocenters. The van der Waals surface area contributed by atoms with E-state index in [4.69, 9.17) is 9.15 Å². The fourth-order valence-electron chi connectivity index (χ4n) is 4.72. The molecule has 6 amide bonds. The summed E-state index contributed by atoms with van der Waals surface area (Å²) in [5, 5.41) is 7.75. The summed E-state index contributed by atoms with van der Waals surface area (Å²) >= 11 is 0. The number of benzene rings is 1. The molecule has 4 heterocycles. The number of imide groups is 1. The molecule has 34 heavy (non-hydrogen) atoms. The van der Waals surface area contributed by atoms with E-state index in [0.29, 0.717) is 43.1 Å². The van der Waals surface area contributed by atoms with E-state index >= 15 is 0 Å². The lowest BCUT2D eigenvalue weighted by molar-refractivity contribution is -0.125. The molecule has 0 radical (unpaired) electrons. The van der Waals surface area contributed by atoms with Gasteiger partial charge in [-0.1, -0.05) is 6.07 Å². The summed E-state index contributed by atoms with van der Waals surface area (Å²) in [6.45, 7) is 3.35. The van der Waals surface area contributed by atoms with Crippen LogP contribution in [-0.2, 0) is 29.8 Å². The molecule has 1 aromatic carbocycles. The van der Waals surface area contributed by atoms with Gasteiger partial charge in [-0.25, -0.2) is 9.59 Å². The molecule has 3 N–H and O–H groups in total. The van der Waals surface area contributed by atoms with Gasteiger partial charge in [-0.3, -0.25) is 14.9 Å². The van der Waals surface area contributed by atoms with Gasteiger partial charge in [0.05, 0.1) is 20.2 Å². The third-order valence-electron chi connectivity index (χ3n) is 6.47. The smallest absolute Gasteiger partial charge is 0.322 e. The van der Waals surface area contributed by atoms with Crippen LogP contribution in [0.4, 0.5) is 9.59 Å². The summed E-state index contributed by atoms with van der Waals surface area (Å²) in [6.07, 6.45) is 0.478. The van der Waals surface area contributed by atoms with Crippen LogP contribution in [0.15, 0.2) is 28.7 Å². The number of rotatable bonds is 5. The maximum absolute atomic E-state index is 13.1. The maximum Gasteiger partial charge on any atom is 0.322 e. The van der Waals surface area contributed by atoms with E-state index in [9.17, 15) is 19.2 Å². The van der Waals surface area contributed by atoms with E-state index in [1.54, 1.807) is 23.1 Å². The van der Waals surface area contributed by atoms with Gasteiger partial charge in [-0.05, 0) is 30.7 Å². The zero-order valence-corrected chi connectivity index (χ0v) is 18.9. The van der Waals surface area contributed by atoms with E-state index in [2.05, 4.69) is 16.0 Å². The molecule has 3 aliphatic heterocycles. The fraction of sp³-hybridized carbons (Fsp3) is 0.391. The van der Waals surface area contributed by atoms with E-state index in [1.807, 2.05) is 13.0 Å². The molecule has 11 nitrogen and oxygen atoms in total. The normalized spacial score (nSPS) is 21.2. The number of ether oxygens (including phenoxy) is 1. The van der Waals surface area contributed by atoms with Crippen LogP contribution >= 0.6 is 0 Å². The molecule has 3 aliphatic rings. The second-order valence-corrected chi connectivity index (χ2v) is 8.56. The van der Waals surface area contributed by atoms with E-state index < -0.39 is 17.5 Å². The van der Waals surface area contributed by atoms with Crippen molar-refractivity contribution in [1.82, 2.24) is 25.8 Å². The van der Waals surface area contributed by atoms with Crippen molar-refractivity contribution >= 4 is 23.9 Å². The topological polar surface area (TPSA) is 133 Å². The predicted molar refractivity (Wildman–Crippen MR) is 118 cm³/mol. The van der Waals surface area contributed by atoms with Gasteiger partial charge in [0.15, 0.2) is 5.54 Å². The van der Waals surface area contributed by atoms with E-state index in [0.717, 1.165) is 11.1 Å². The lowest BCUT2D eigenvalue weighted by atomic mass is 9.94. The summed E-state index contributed by atoms with van der Waals surface area (Å²) in [7, 11) is 1.53. The molecule has 0 saturated carbocycles. The Balaban J connectivity index is 1.45. The molecule has 0 aliphatic carbocycles. The Morgan fingerprint density at radius 3 is 2.74 bits per heavy atom. The molecule has 178 valence electrons. The van der Waals surface area contributed by atoms with Crippen molar-refractivity contribution in [1.29, 1.82) is 0 Å². The largest absolute Gasteiger partial charge is 0.497 e. The quantitative estimate of drug-likeness (QED) is 0.564. The first-order valence-electron chi connectivity index (χ1n) is 11.1. The molecule has 0 bridgehead atoms. The minimum absolute atomic E-state index is 0.104. The van der Waals surface area contributed by atoms with Gasteiger partial charge in [-0.2, -0.15) is 0 Å². The van der Waals surface area contributed by atoms with Crippen molar-refractivity contribution in [2.75, 3.05) is 26.7 Å². The highest BCUT2D eigenvalue weighted by molar-refractivity contribution is 6.08. The van der Waals surface area contributed by atoms with Crippen LogP contribution in [0, 0.1) is 0 Å². The fourth-order valence-corrected chi connectivity index (χ4v) is 4.72. The number of methoxy groups -OCH3 is 1. The number of furan rings is 1. The number of amides is 6. The third-order valence-corrected chi connectivity index (χ3v) is 6.47. The van der Waals surface area contributed by atoms with Crippen molar-refractivity contribution in [3.8, 4) is 5.75 Å². The Bertz CT molecular complexity index is 1210. The second-order valence-electron chi connectivity index (χ2n) is 8.56. The van der Waals surface area contributed by atoms with Gasteiger partial charge in [-0.15, -0.1) is 0 Å². The molecule has 1 fully saturated rings. The summed E-state index contributed by atoms with van der Waals surface area (Å²) in [6, 6.07) is 6.12. The van der Waals surface area contributed by atoms with Crippen LogP contribution < -0.4 is 20.7 Å². The van der Waals surface area contributed by atoms with Crippen molar-refractivity contribution in [2.24, 2.45) is 0 Å². The standard InChI is InChI=1S/C23H25N5O6/c1-3-24-22(32)27-7-6-17-14(11-27)8-18(34-17)23(20(30)25-21(31)26-23)12-28-10-13-4-5-15(33-2)9-16(13)19(28)29/h4-5,8-9H,3,6-7,10-12H2,1-2H3,(H,24,32)(H2,25,26,30,31). The summed E-state index contributed by atoms with van der Waals surface area (Å²) < 4.78 is 11.3. The van der Waals surface area contributed by atoms with Crippen molar-refractivity contribution in [3.05, 3.63) is 52.5 Å². The molecule has 1 saturated heterocycles. The van der Waals surface area contributed by atoms with Crippen molar-refractivity contribution < 1.29 is 28.3 Å². The SMILES string of the molecule is CCNC(=O)N1CCc2oc(C3(CN4Cc5ccc(OC)cc5C4=O)NC(=O)NC3=O)cc2C1. The number of urea groups is 2. The molecule has 11 heteroatoms. The van der Waals surface area contributed by atoms with Gasteiger partial charge < -0.3 is 29.6 Å². The van der Waals surface area contributed by atoms with Crippen LogP contribution in [0.3, 0.4) is 0 Å². The van der Waals surface area contributed by atoms with Crippen LogP contribution in [-0.4, -0.2) is 60.4 Å². The number of carbonyl (C=O) groups is 4. The average Bonchev–Trinajstić information content (AvgIpc) is 3.47. The lowest BCUT2D eigenvalue weighted by Gasteiger charge is -2.29. The average molecular weight is 467 g/mol. The number of hydrogen-bond donors (Lipinski definition) is 3. The van der Waals surface area contributed by atoms with Gasteiger partial charge >= 0.3 is 12.1 Å². The van der Waals surface area contributed by atoms with Gasteiger partial charge in [0.2, 0.25) is 0 Å². The Labute approximate surface area is 195 Å². The molecular weight excluding hydrogens is 442 g/mol. The first-order chi connectivity index (χ1) is 16.3. The molecule has 0 spiro atoms. The summed E-state index contributed by atoms with van der Waals surface area (Å²) in [5.41, 5.74) is 0.492. The summed E-state index contributed by atoms with van der Waals surface area (Å²) in [5.74, 6) is 0.599. The highest BCUT2D eigenvalue weighted by Crippen LogP contribution is 2.35. The Hall–Kier alpha value is -4.02. The zero-order valence-electron chi connectivity index (χ0n) is 18.9. The van der Waals surface area contributed by atoms with Gasteiger partial charge in [0.25, 0.3) is 11.8 Å². The Kier molecular flexibility index (Phi) is 5.18. The number of carbonyl (C=O) groups excluding carboxylic acids is 4. The van der Waals surface area contributed by atoms with E-state index in [-0.39, 0.29) is 30.8 Å². The number of hydrogen-bond acceptors (Lipinski definition) is 6. The van der Waals surface area contributed by atoms with Crippen LogP contribution in [0.2, 0.25) is 0 Å². The molecule has 5 rings (SSSR count). The molecular formula is C23H25N5O6. The second kappa shape index (κ2) is 8.08. The van der Waals surface area contributed by atoms with Crippen LogP contribution in [0.1, 0.15) is 39.9 Å². The first kappa shape index (κ1) is 21.8. The minimum atomic E-state index is -1.58. The number of nitrogens with zero attached hydrogens (tertiary/aromatic N) is 2.